The number of ether oxygens (including phenoxy) is 1. The predicted octanol–water partition coefficient (Wildman–Crippen LogP) is 3.27. The van der Waals surface area contributed by atoms with E-state index in [0.29, 0.717) is 12.5 Å². The lowest BCUT2D eigenvalue weighted by molar-refractivity contribution is -0.135. The second-order valence-corrected chi connectivity index (χ2v) is 4.71. The van der Waals surface area contributed by atoms with Crippen molar-refractivity contribution in [1.82, 2.24) is 5.32 Å². The van der Waals surface area contributed by atoms with Gasteiger partial charge in [-0.25, -0.2) is 0 Å². The van der Waals surface area contributed by atoms with Crippen LogP contribution in [-0.2, 0) is 4.74 Å². The number of alkyl halides is 3. The molecule has 17 heavy (non-hydrogen) atoms. The number of hydrogen-bond donors (Lipinski definition) is 1. The lowest BCUT2D eigenvalue weighted by atomic mass is 10.0. The van der Waals surface area contributed by atoms with Crippen molar-refractivity contribution in [3.05, 3.63) is 0 Å². The molecular weight excluding hydrogens is 231 g/mol. The van der Waals surface area contributed by atoms with Crippen molar-refractivity contribution >= 4 is 0 Å². The first-order chi connectivity index (χ1) is 8.01. The van der Waals surface area contributed by atoms with Crippen molar-refractivity contribution in [2.24, 2.45) is 0 Å². The molecule has 0 amide bonds. The van der Waals surface area contributed by atoms with Crippen LogP contribution in [0.5, 0.6) is 0 Å². The topological polar surface area (TPSA) is 21.3 Å². The van der Waals surface area contributed by atoms with E-state index in [1.54, 1.807) is 0 Å². The first kappa shape index (κ1) is 14.8. The van der Waals surface area contributed by atoms with Crippen LogP contribution in [0.15, 0.2) is 0 Å². The van der Waals surface area contributed by atoms with E-state index in [1.165, 1.54) is 0 Å². The summed E-state index contributed by atoms with van der Waals surface area (Å²) in [5.41, 5.74) is 0. The average Bonchev–Trinajstić information content (AvgIpc) is 2.74. The first-order valence-corrected chi connectivity index (χ1v) is 6.37. The zero-order valence-electron chi connectivity index (χ0n) is 10.4. The summed E-state index contributed by atoms with van der Waals surface area (Å²) in [6.07, 6.45) is 0.494. The van der Waals surface area contributed by atoms with E-state index in [4.69, 9.17) is 4.74 Å². The molecule has 0 spiro atoms. The van der Waals surface area contributed by atoms with Gasteiger partial charge in [0.15, 0.2) is 0 Å². The van der Waals surface area contributed by atoms with Gasteiger partial charge in [-0.15, -0.1) is 0 Å². The Kier molecular flexibility index (Phi) is 6.27. The summed E-state index contributed by atoms with van der Waals surface area (Å²) in [7, 11) is 1.81. The van der Waals surface area contributed by atoms with Crippen LogP contribution in [-0.4, -0.2) is 32.0 Å². The number of hydrogen-bond acceptors (Lipinski definition) is 2. The summed E-state index contributed by atoms with van der Waals surface area (Å²) < 4.78 is 41.5. The van der Waals surface area contributed by atoms with Crippen LogP contribution in [0.25, 0.3) is 0 Å². The van der Waals surface area contributed by atoms with E-state index in [-0.39, 0.29) is 12.5 Å². The van der Waals surface area contributed by atoms with Gasteiger partial charge >= 0.3 is 6.18 Å². The molecule has 1 aliphatic rings. The van der Waals surface area contributed by atoms with Crippen LogP contribution >= 0.6 is 0 Å². The minimum Gasteiger partial charge on any atom is -0.378 e. The molecule has 0 bridgehead atoms. The van der Waals surface area contributed by atoms with Gasteiger partial charge in [0.1, 0.15) is 0 Å². The van der Waals surface area contributed by atoms with Gasteiger partial charge in [0.2, 0.25) is 0 Å². The highest BCUT2D eigenvalue weighted by Gasteiger charge is 2.26. The third-order valence-corrected chi connectivity index (χ3v) is 3.28. The molecule has 1 heterocycles. The SMILES string of the molecule is CNC(CCCC(F)(F)F)CCC1CCCO1. The molecule has 0 aliphatic carbocycles. The smallest absolute Gasteiger partial charge is 0.378 e. The Labute approximate surface area is 101 Å². The van der Waals surface area contributed by atoms with Crippen LogP contribution in [0.4, 0.5) is 13.2 Å². The molecule has 0 aromatic rings. The van der Waals surface area contributed by atoms with Crippen LogP contribution in [0, 0.1) is 0 Å². The Morgan fingerprint density at radius 2 is 2.12 bits per heavy atom. The number of rotatable bonds is 7. The molecule has 0 saturated carbocycles. The minimum atomic E-state index is -4.02. The molecule has 1 aliphatic heterocycles. The van der Waals surface area contributed by atoms with E-state index < -0.39 is 12.6 Å². The van der Waals surface area contributed by atoms with Gasteiger partial charge in [-0.05, 0) is 45.6 Å². The van der Waals surface area contributed by atoms with Crippen molar-refractivity contribution in [2.75, 3.05) is 13.7 Å². The minimum absolute atomic E-state index is 0.182. The van der Waals surface area contributed by atoms with Gasteiger partial charge in [0.25, 0.3) is 0 Å². The van der Waals surface area contributed by atoms with Crippen molar-refractivity contribution in [1.29, 1.82) is 0 Å². The summed E-state index contributed by atoms with van der Waals surface area (Å²) in [5, 5.41) is 3.09. The van der Waals surface area contributed by atoms with Crippen LogP contribution in [0.3, 0.4) is 0 Å². The molecule has 1 saturated heterocycles. The molecule has 1 fully saturated rings. The van der Waals surface area contributed by atoms with Crippen LogP contribution in [0.1, 0.15) is 44.9 Å². The van der Waals surface area contributed by atoms with E-state index in [1.807, 2.05) is 7.05 Å². The molecule has 5 heteroatoms. The van der Waals surface area contributed by atoms with Crippen molar-refractivity contribution in [2.45, 2.75) is 63.3 Å². The Hall–Kier alpha value is -0.290. The standard InChI is InChI=1S/C12H22F3NO/c1-16-10(4-2-8-12(13,14)15)6-7-11-5-3-9-17-11/h10-11,16H,2-9H2,1H3. The highest BCUT2D eigenvalue weighted by molar-refractivity contribution is 4.71. The summed E-state index contributed by atoms with van der Waals surface area (Å²) in [4.78, 5) is 0. The van der Waals surface area contributed by atoms with Crippen LogP contribution in [0.2, 0.25) is 0 Å². The Balaban J connectivity index is 2.10. The van der Waals surface area contributed by atoms with E-state index >= 15 is 0 Å². The van der Waals surface area contributed by atoms with Gasteiger partial charge in [-0.2, -0.15) is 13.2 Å². The monoisotopic (exact) mass is 253 g/mol. The summed E-state index contributed by atoms with van der Waals surface area (Å²) >= 11 is 0. The van der Waals surface area contributed by atoms with Gasteiger partial charge in [-0.1, -0.05) is 0 Å². The summed E-state index contributed by atoms with van der Waals surface area (Å²) in [6.45, 7) is 0.836. The fraction of sp³-hybridized carbons (Fsp3) is 1.00. The second-order valence-electron chi connectivity index (χ2n) is 4.71. The molecule has 0 radical (unpaired) electrons. The quantitative estimate of drug-likeness (QED) is 0.752. The largest absolute Gasteiger partial charge is 0.389 e. The fourth-order valence-electron chi connectivity index (χ4n) is 2.24. The lowest BCUT2D eigenvalue weighted by Crippen LogP contribution is -2.27. The van der Waals surface area contributed by atoms with E-state index in [2.05, 4.69) is 5.32 Å². The highest BCUT2D eigenvalue weighted by Crippen LogP contribution is 2.24. The molecule has 1 rings (SSSR count). The molecule has 2 nitrogen and oxygen atoms in total. The predicted molar refractivity (Wildman–Crippen MR) is 61.0 cm³/mol. The highest BCUT2D eigenvalue weighted by atomic mass is 19.4. The second kappa shape index (κ2) is 7.21. The maximum atomic E-state index is 12.0. The maximum absolute atomic E-state index is 12.0. The van der Waals surface area contributed by atoms with Crippen molar-refractivity contribution in [3.8, 4) is 0 Å². The first-order valence-electron chi connectivity index (χ1n) is 6.37. The van der Waals surface area contributed by atoms with Gasteiger partial charge in [0, 0.05) is 19.1 Å². The van der Waals surface area contributed by atoms with Gasteiger partial charge in [-0.3, -0.25) is 0 Å². The van der Waals surface area contributed by atoms with E-state index in [9.17, 15) is 13.2 Å². The van der Waals surface area contributed by atoms with Crippen molar-refractivity contribution in [3.63, 3.8) is 0 Å². The van der Waals surface area contributed by atoms with Gasteiger partial charge in [0.05, 0.1) is 6.10 Å². The zero-order valence-corrected chi connectivity index (χ0v) is 10.4. The summed E-state index contributed by atoms with van der Waals surface area (Å²) in [6, 6.07) is 0.182. The molecule has 0 aromatic carbocycles. The Morgan fingerprint density at radius 1 is 1.35 bits per heavy atom. The number of nitrogens with one attached hydrogen (secondary N) is 1. The molecular formula is C12H22F3NO. The van der Waals surface area contributed by atoms with Gasteiger partial charge < -0.3 is 10.1 Å². The van der Waals surface area contributed by atoms with Crippen LogP contribution < -0.4 is 5.32 Å². The van der Waals surface area contributed by atoms with Crippen molar-refractivity contribution < 1.29 is 17.9 Å². The molecule has 1 N–H and O–H groups in total. The third-order valence-electron chi connectivity index (χ3n) is 3.28. The maximum Gasteiger partial charge on any atom is 0.389 e. The third kappa shape index (κ3) is 6.88. The Morgan fingerprint density at radius 3 is 2.65 bits per heavy atom. The number of halogens is 3. The van der Waals surface area contributed by atoms with E-state index in [0.717, 1.165) is 32.3 Å². The average molecular weight is 253 g/mol. The lowest BCUT2D eigenvalue weighted by Gasteiger charge is -2.18. The Bertz CT molecular complexity index is 202. The zero-order chi connectivity index (χ0) is 12.7. The normalized spacial score (nSPS) is 22.9. The molecule has 0 aromatic heterocycles. The molecule has 2 unspecified atom stereocenters. The summed E-state index contributed by atoms with van der Waals surface area (Å²) in [5.74, 6) is 0. The fourth-order valence-corrected chi connectivity index (χ4v) is 2.24. The molecule has 102 valence electrons. The molecule has 2 atom stereocenters.